The minimum absolute atomic E-state index is 0.634. The molecule has 0 aliphatic carbocycles. The van der Waals surface area contributed by atoms with Gasteiger partial charge in [-0.2, -0.15) is 10.2 Å². The van der Waals surface area contributed by atoms with Crippen LogP contribution in [0.3, 0.4) is 0 Å². The maximum atomic E-state index is 5.09. The van der Waals surface area contributed by atoms with Gasteiger partial charge in [-0.05, 0) is 18.8 Å². The highest BCUT2D eigenvalue weighted by Gasteiger charge is 1.94. The van der Waals surface area contributed by atoms with Crippen LogP contribution in [0.4, 0.5) is 0 Å². The second-order valence-corrected chi connectivity index (χ2v) is 5.86. The third-order valence-corrected chi connectivity index (χ3v) is 1.06. The highest BCUT2D eigenvalue weighted by molar-refractivity contribution is 8.30. The van der Waals surface area contributed by atoms with Gasteiger partial charge < -0.3 is 0 Å². The Hall–Kier alpha value is 0.270. The van der Waals surface area contributed by atoms with Gasteiger partial charge >= 0.3 is 0 Å². The summed E-state index contributed by atoms with van der Waals surface area (Å²) in [7, 11) is -0.634. The van der Waals surface area contributed by atoms with Crippen LogP contribution in [0.1, 0.15) is 0 Å². The molecule has 0 aliphatic rings. The molecule has 0 amide bonds. The van der Waals surface area contributed by atoms with Crippen LogP contribution in [0.5, 0.6) is 0 Å². The summed E-state index contributed by atoms with van der Waals surface area (Å²) in [5.41, 5.74) is 0. The molecule has 6 heavy (non-hydrogen) atoms. The first kappa shape index (κ1) is 6.27. The van der Waals surface area contributed by atoms with Gasteiger partial charge in [0.25, 0.3) is 0 Å². The maximum absolute atomic E-state index is 5.09. The molecule has 2 nitrogen and oxygen atoms in total. The fraction of sp³-hybridized carbons (Fsp3) is 1.00. The van der Waals surface area contributed by atoms with E-state index < -0.39 is 10.2 Å². The largest absolute Gasteiger partial charge is 0.263 e. The van der Waals surface area contributed by atoms with Gasteiger partial charge in [-0.25, -0.2) is 4.83 Å². The van der Waals surface area contributed by atoms with E-state index in [9.17, 15) is 0 Å². The first-order valence-electron chi connectivity index (χ1n) is 1.72. The number of nitrogens with two attached hydrogens (primary N) is 1. The topological polar surface area (TPSA) is 38.0 Å². The summed E-state index contributed by atoms with van der Waals surface area (Å²) in [6.45, 7) is 0. The Morgan fingerprint density at radius 2 is 1.50 bits per heavy atom. The lowest BCUT2D eigenvalue weighted by atomic mass is 11.9. The summed E-state index contributed by atoms with van der Waals surface area (Å²) in [5.74, 6) is 5.09. The van der Waals surface area contributed by atoms with E-state index in [0.717, 1.165) is 0 Å². The summed E-state index contributed by atoms with van der Waals surface area (Å²) in [4.78, 5) is 2.69. The predicted molar refractivity (Wildman–Crippen MR) is 32.7 cm³/mol. The third-order valence-electron chi connectivity index (χ3n) is 0.354. The Morgan fingerprint density at radius 1 is 1.33 bits per heavy atom. The average molecular weight is 108 g/mol. The summed E-state index contributed by atoms with van der Waals surface area (Å²) in [6, 6.07) is 0. The van der Waals surface area contributed by atoms with E-state index in [1.54, 1.807) is 0 Å². The minimum Gasteiger partial charge on any atom is -0.263 e. The van der Waals surface area contributed by atoms with Crippen LogP contribution in [0, 0.1) is 0 Å². The molecule has 0 spiro atoms. The fourth-order valence-electron chi connectivity index (χ4n) is 0. The zero-order valence-corrected chi connectivity index (χ0v) is 5.30. The molecule has 0 aliphatic heterocycles. The maximum Gasteiger partial charge on any atom is -0.0219 e. The smallest absolute Gasteiger partial charge is 0.0219 e. The van der Waals surface area contributed by atoms with Crippen molar-refractivity contribution in [1.29, 1.82) is 0 Å². The molecule has 0 unspecified atom stereocenters. The van der Waals surface area contributed by atoms with Gasteiger partial charge in [0.2, 0.25) is 0 Å². The molecule has 0 bridgehead atoms. The second kappa shape index (κ2) is 1.82. The lowest BCUT2D eigenvalue weighted by molar-refractivity contribution is 1.10. The molecule has 0 radical (unpaired) electrons. The molecular formula is C3H12N2S. The minimum atomic E-state index is -0.634. The van der Waals surface area contributed by atoms with Crippen molar-refractivity contribution in [3.8, 4) is 0 Å². The molecule has 0 saturated carbocycles. The summed E-state index contributed by atoms with van der Waals surface area (Å²) < 4.78 is 0. The van der Waals surface area contributed by atoms with E-state index in [-0.39, 0.29) is 0 Å². The zero-order chi connectivity index (χ0) is 5.21. The summed E-state index contributed by atoms with van der Waals surface area (Å²) in [6.07, 6.45) is 6.27. The van der Waals surface area contributed by atoms with Gasteiger partial charge in [0, 0.05) is 0 Å². The van der Waals surface area contributed by atoms with Crippen molar-refractivity contribution in [1.82, 2.24) is 4.83 Å². The predicted octanol–water partition coefficient (Wildman–Crippen LogP) is 0.0587. The number of hydrogen-bond donors (Lipinski definition) is 2. The van der Waals surface area contributed by atoms with Gasteiger partial charge in [-0.15, -0.1) is 0 Å². The van der Waals surface area contributed by atoms with Crippen molar-refractivity contribution >= 4 is 10.2 Å². The van der Waals surface area contributed by atoms with Gasteiger partial charge in [0.1, 0.15) is 0 Å². The second-order valence-electron chi connectivity index (χ2n) is 1.95. The van der Waals surface area contributed by atoms with Crippen LogP contribution < -0.4 is 10.7 Å². The first-order valence-corrected chi connectivity index (χ1v) is 4.58. The van der Waals surface area contributed by atoms with Crippen LogP contribution in [0.2, 0.25) is 0 Å². The highest BCUT2D eigenvalue weighted by Crippen LogP contribution is 2.25. The molecule has 3 N–H and O–H groups in total. The van der Waals surface area contributed by atoms with E-state index >= 15 is 0 Å². The molecule has 0 saturated heterocycles. The van der Waals surface area contributed by atoms with E-state index in [2.05, 4.69) is 23.6 Å². The quantitative estimate of drug-likeness (QED) is 0.368. The Morgan fingerprint density at radius 3 is 1.50 bits per heavy atom. The van der Waals surface area contributed by atoms with E-state index in [1.165, 1.54) is 0 Å². The van der Waals surface area contributed by atoms with Crippen LogP contribution in [-0.4, -0.2) is 18.8 Å². The van der Waals surface area contributed by atoms with Crippen LogP contribution in [-0.2, 0) is 0 Å². The van der Waals surface area contributed by atoms with E-state index in [0.29, 0.717) is 0 Å². The molecular weight excluding hydrogens is 96.1 g/mol. The number of hydrazine groups is 1. The normalized spacial score (nSPS) is 14.7. The number of rotatable bonds is 1. The van der Waals surface area contributed by atoms with E-state index in [1.807, 2.05) is 0 Å². The van der Waals surface area contributed by atoms with Crippen molar-refractivity contribution in [3.63, 3.8) is 0 Å². The zero-order valence-electron chi connectivity index (χ0n) is 4.49. The number of hydrogen-bond acceptors (Lipinski definition) is 2. The Bertz CT molecular complexity index is 38.5. The molecule has 0 fully saturated rings. The molecule has 0 atom stereocenters. The molecule has 40 valence electrons. The van der Waals surface area contributed by atoms with Gasteiger partial charge in [0.05, 0.1) is 0 Å². The molecule has 0 aromatic carbocycles. The van der Waals surface area contributed by atoms with Crippen molar-refractivity contribution < 1.29 is 0 Å². The van der Waals surface area contributed by atoms with Gasteiger partial charge in [-0.3, -0.25) is 5.84 Å². The van der Waals surface area contributed by atoms with Crippen LogP contribution in [0.25, 0.3) is 0 Å². The van der Waals surface area contributed by atoms with Crippen LogP contribution >= 0.6 is 10.2 Å². The monoisotopic (exact) mass is 108 g/mol. The Balaban J connectivity index is 3.17. The molecule has 0 rings (SSSR count). The molecule has 3 heteroatoms. The number of nitrogens with one attached hydrogen (secondary N) is 1. The van der Waals surface area contributed by atoms with Crippen LogP contribution in [0.15, 0.2) is 0 Å². The summed E-state index contributed by atoms with van der Waals surface area (Å²) in [5, 5.41) is 0. The Kier molecular flexibility index (Phi) is 1.90. The van der Waals surface area contributed by atoms with E-state index in [4.69, 9.17) is 5.84 Å². The van der Waals surface area contributed by atoms with Crippen molar-refractivity contribution in [3.05, 3.63) is 0 Å². The molecule has 0 heterocycles. The summed E-state index contributed by atoms with van der Waals surface area (Å²) >= 11 is 0. The van der Waals surface area contributed by atoms with Crippen molar-refractivity contribution in [2.75, 3.05) is 18.8 Å². The van der Waals surface area contributed by atoms with Gasteiger partial charge in [0.15, 0.2) is 0 Å². The molecule has 0 aromatic heterocycles. The highest BCUT2D eigenvalue weighted by atomic mass is 32.3. The fourth-order valence-corrected chi connectivity index (χ4v) is 0. The van der Waals surface area contributed by atoms with Gasteiger partial charge in [-0.1, -0.05) is 0 Å². The SMILES string of the molecule is CS(C)(C)NN. The van der Waals surface area contributed by atoms with Crippen molar-refractivity contribution in [2.45, 2.75) is 0 Å². The standard InChI is InChI=1S/C3H12N2S/c1-6(2,3)5-4/h5H,4H2,1-3H3. The lowest BCUT2D eigenvalue weighted by Gasteiger charge is -2.22. The average Bonchev–Trinajstić information content (AvgIpc) is 1.35. The molecule has 0 aromatic rings. The first-order chi connectivity index (χ1) is 2.56. The lowest BCUT2D eigenvalue weighted by Crippen LogP contribution is -2.24. The van der Waals surface area contributed by atoms with Crippen molar-refractivity contribution in [2.24, 2.45) is 5.84 Å². The third kappa shape index (κ3) is 4.27. The Labute approximate surface area is 40.5 Å².